The lowest BCUT2D eigenvalue weighted by Crippen LogP contribution is -2.64. The Kier molecular flexibility index (Phi) is 32.3. The van der Waals surface area contributed by atoms with Gasteiger partial charge in [-0.05, 0) is 93.4 Å². The third-order valence-electron chi connectivity index (χ3n) is 17.5. The molecule has 13 atom stereocenters. The van der Waals surface area contributed by atoms with Gasteiger partial charge in [-0.25, -0.2) is 0 Å². The fraction of sp³-hybridized carbons (Fsp3) is 0.578. The number of ether oxygens (including phenoxy) is 2. The van der Waals surface area contributed by atoms with Crippen molar-refractivity contribution in [2.24, 2.45) is 17.4 Å². The number of β-amino-alcohol motifs (C(OH)–C–C–N with tert-alkyl or cyclic N) is 1. The molecule has 538 valence electrons. The number of phenols is 1. The molecule has 1 aromatic heterocycles. The lowest BCUT2D eigenvalue weighted by molar-refractivity contribution is -0.147. The van der Waals surface area contributed by atoms with Crippen LogP contribution < -0.4 is 47.7 Å². The topological polar surface area (TPSA) is 430 Å². The molecule has 0 aliphatic carbocycles. The van der Waals surface area contributed by atoms with E-state index in [0.29, 0.717) is 15.6 Å². The summed E-state index contributed by atoms with van der Waals surface area (Å²) in [6.45, 7) is 6.87. The fourth-order valence-corrected chi connectivity index (χ4v) is 13.1. The van der Waals surface area contributed by atoms with Crippen LogP contribution in [0.3, 0.4) is 0 Å². The predicted molar refractivity (Wildman–Crippen MR) is 367 cm³/mol. The highest BCUT2D eigenvalue weighted by Gasteiger charge is 2.50. The van der Waals surface area contributed by atoms with E-state index >= 15 is 0 Å². The van der Waals surface area contributed by atoms with Crippen LogP contribution in [-0.4, -0.2) is 261 Å². The van der Waals surface area contributed by atoms with E-state index in [1.807, 2.05) is 12.1 Å². The Morgan fingerprint density at radius 1 is 0.701 bits per heavy atom. The number of nitrogens with two attached hydrogens (primary N) is 2. The molecule has 4 aliphatic rings. The SMILES string of the molecule is COCCCCCCCN1CCN(c2ccc(-c3nnc(-c4ccc(C(=O)N[C@H]5C[C@@H](O)CNC(=O)[C@@H]6[C@@H](O)[C@@H](C)CN6C(=O)[C@H]([C@H](O)CCN)NC(=O)[C@H]([C@H](O)Cc6ccc(O)c(OCCN)c6)NC(=O)[C@@H]6C[C@@H](O)CN6C(=O)[C@H]([C@@H](C)O)NC5=O)cc4)s3)cc2)CC1.Cl.Cl.Cl. The van der Waals surface area contributed by atoms with Crippen LogP contribution in [0.5, 0.6) is 11.5 Å². The van der Waals surface area contributed by atoms with E-state index in [2.05, 4.69) is 58.7 Å². The van der Waals surface area contributed by atoms with Gasteiger partial charge in [0.15, 0.2) is 11.5 Å². The highest BCUT2D eigenvalue weighted by atomic mass is 35.5. The molecule has 0 saturated carbocycles. The molecule has 4 fully saturated rings. The highest BCUT2D eigenvalue weighted by Crippen LogP contribution is 2.33. The normalized spacial score (nSPS) is 24.9. The Morgan fingerprint density at radius 3 is 1.96 bits per heavy atom. The summed E-state index contributed by atoms with van der Waals surface area (Å²) in [4.78, 5) is 108. The maximum atomic E-state index is 14.7. The van der Waals surface area contributed by atoms with E-state index in [4.69, 9.17) is 20.9 Å². The van der Waals surface area contributed by atoms with E-state index in [9.17, 15) is 69.3 Å². The quantitative estimate of drug-likeness (QED) is 0.0404. The number of anilines is 1. The Morgan fingerprint density at radius 2 is 1.32 bits per heavy atom. The van der Waals surface area contributed by atoms with Gasteiger partial charge in [0.1, 0.15) is 52.9 Å². The molecule has 8 rings (SSSR count). The number of rotatable bonds is 23. The van der Waals surface area contributed by atoms with Crippen LogP contribution in [0.1, 0.15) is 81.1 Å². The second-order valence-electron chi connectivity index (χ2n) is 24.6. The van der Waals surface area contributed by atoms with E-state index in [-0.39, 0.29) is 92.5 Å². The van der Waals surface area contributed by atoms with Gasteiger partial charge in [-0.1, -0.05) is 55.7 Å². The first-order chi connectivity index (χ1) is 45.1. The summed E-state index contributed by atoms with van der Waals surface area (Å²) in [5, 5.41) is 102. The van der Waals surface area contributed by atoms with E-state index in [1.165, 1.54) is 74.3 Å². The number of phenolic OH excluding ortho intramolecular Hbond substituents is 1. The zero-order valence-electron chi connectivity index (χ0n) is 54.5. The molecular weight excluding hydrogens is 1350 g/mol. The second kappa shape index (κ2) is 38.7. The van der Waals surface area contributed by atoms with Crippen molar-refractivity contribution in [3.8, 4) is 32.6 Å². The molecule has 3 aromatic carbocycles. The minimum absolute atomic E-state index is 0. The number of unbranched alkanes of at least 4 members (excludes halogenated alkanes) is 4. The smallest absolute Gasteiger partial charge is 0.251 e. The lowest BCUT2D eigenvalue weighted by atomic mass is 9.98. The highest BCUT2D eigenvalue weighted by molar-refractivity contribution is 7.17. The summed E-state index contributed by atoms with van der Waals surface area (Å²) < 4.78 is 10.7. The summed E-state index contributed by atoms with van der Waals surface area (Å²) in [6, 6.07) is 7.49. The van der Waals surface area contributed by atoms with Crippen LogP contribution in [0.2, 0.25) is 0 Å². The van der Waals surface area contributed by atoms with Crippen molar-refractivity contribution >= 4 is 95.6 Å². The number of amides is 7. The number of nitrogens with zero attached hydrogens (tertiary/aromatic N) is 6. The lowest BCUT2D eigenvalue weighted by Gasteiger charge is -2.36. The number of methoxy groups -OCH3 is 1. The molecule has 0 bridgehead atoms. The maximum absolute atomic E-state index is 14.7. The summed E-state index contributed by atoms with van der Waals surface area (Å²) in [5.41, 5.74) is 14.3. The van der Waals surface area contributed by atoms with Gasteiger partial charge in [0.05, 0.1) is 36.6 Å². The average molecular weight is 1440 g/mol. The summed E-state index contributed by atoms with van der Waals surface area (Å²) in [7, 11) is 1.74. The molecule has 29 nitrogen and oxygen atoms in total. The number of hydrogen-bond acceptors (Lipinski definition) is 23. The number of aromatic hydroxyl groups is 1. The van der Waals surface area contributed by atoms with Crippen LogP contribution in [0.25, 0.3) is 21.1 Å². The minimum atomic E-state index is -2.04. The Hall–Kier alpha value is -6.62. The number of aliphatic hydroxyl groups is 6. The van der Waals surface area contributed by atoms with Crippen LogP contribution in [0.4, 0.5) is 5.69 Å². The van der Waals surface area contributed by atoms with Crippen molar-refractivity contribution in [2.75, 3.05) is 90.7 Å². The van der Waals surface area contributed by atoms with E-state index in [1.54, 1.807) is 19.2 Å². The van der Waals surface area contributed by atoms with Gasteiger partial charge in [-0.2, -0.15) is 0 Å². The third kappa shape index (κ3) is 21.4. The fourth-order valence-electron chi connectivity index (χ4n) is 12.2. The zero-order chi connectivity index (χ0) is 67.8. The van der Waals surface area contributed by atoms with Gasteiger partial charge >= 0.3 is 0 Å². The molecule has 0 unspecified atom stereocenters. The molecule has 33 heteroatoms. The Balaban J connectivity index is 0.00000567. The number of halogens is 3. The number of piperazine rings is 1. The van der Waals surface area contributed by atoms with Crippen LogP contribution >= 0.6 is 48.6 Å². The molecule has 0 spiro atoms. The first-order valence-electron chi connectivity index (χ1n) is 32.1. The van der Waals surface area contributed by atoms with E-state index < -0.39 is 152 Å². The molecule has 0 radical (unpaired) electrons. The second-order valence-corrected chi connectivity index (χ2v) is 25.6. The van der Waals surface area contributed by atoms with Crippen LogP contribution in [0, 0.1) is 5.92 Å². The van der Waals surface area contributed by atoms with Gasteiger partial charge in [0.25, 0.3) is 5.91 Å². The molecule has 4 saturated heterocycles. The van der Waals surface area contributed by atoms with Crippen molar-refractivity contribution in [1.82, 2.24) is 51.5 Å². The molecule has 4 aliphatic heterocycles. The number of benzene rings is 3. The summed E-state index contributed by atoms with van der Waals surface area (Å²) in [5.74, 6) is -8.62. The van der Waals surface area contributed by atoms with Crippen LogP contribution in [0.15, 0.2) is 66.7 Å². The Labute approximate surface area is 586 Å². The zero-order valence-corrected chi connectivity index (χ0v) is 57.7. The van der Waals surface area contributed by atoms with Crippen LogP contribution in [-0.2, 0) is 39.9 Å². The van der Waals surface area contributed by atoms with Gasteiger partial charge in [-0.15, -0.1) is 47.4 Å². The number of aliphatic hydroxyl groups excluding tert-OH is 6. The number of hydrogen-bond donors (Lipinski definition) is 14. The number of carbonyl (C=O) groups is 7. The average Bonchev–Trinajstić information content (AvgIpc) is 1.68. The first-order valence-corrected chi connectivity index (χ1v) is 33.0. The molecule has 16 N–H and O–H groups in total. The molecule has 97 heavy (non-hydrogen) atoms. The number of aromatic nitrogens is 2. The molecule has 5 heterocycles. The monoisotopic (exact) mass is 1440 g/mol. The molecule has 7 amide bonds. The summed E-state index contributed by atoms with van der Waals surface area (Å²) >= 11 is 1.35. The predicted octanol–water partition coefficient (Wildman–Crippen LogP) is -0.803. The Bertz CT molecular complexity index is 3210. The minimum Gasteiger partial charge on any atom is -0.504 e. The third-order valence-corrected chi connectivity index (χ3v) is 18.6. The van der Waals surface area contributed by atoms with Crippen molar-refractivity contribution in [3.05, 3.63) is 77.9 Å². The van der Waals surface area contributed by atoms with Gasteiger partial charge in [0.2, 0.25) is 35.4 Å². The van der Waals surface area contributed by atoms with Crippen molar-refractivity contribution < 1.29 is 78.8 Å². The van der Waals surface area contributed by atoms with Gasteiger partial charge in [0, 0.05) is 114 Å². The van der Waals surface area contributed by atoms with Crippen molar-refractivity contribution in [3.63, 3.8) is 0 Å². The van der Waals surface area contributed by atoms with Gasteiger partial charge < -0.3 is 98.0 Å². The summed E-state index contributed by atoms with van der Waals surface area (Å²) in [6.07, 6.45) is -5.89. The van der Waals surface area contributed by atoms with Crippen molar-refractivity contribution in [1.29, 1.82) is 0 Å². The largest absolute Gasteiger partial charge is 0.504 e. The standard InChI is InChI=1S/C64H91N13O16S.3ClH/c1-36-34-77-54(55(36)84)60(89)67-33-43(79)31-45(68-56(85)39-10-12-40(13-11-39)61-72-73-62(94-61)41-14-16-42(17-15-41)75-25-23-74(24-26-75)22-7-5-4-6-8-27-92-3)57(86)69-51(37(2)78)63(90)76-35-44(80)32-46(76)58(87)70-52(59(88)71-53(64(77)91)48(82)19-20-65)49(83)29-38-9-18-47(81)50(30-38)93-28-21-66;;;/h9-18,30,36-37,43-46,48-49,51-55,78-84H,4-8,19-29,31-35,65-66H2,1-3H3,(H,67,89)(H,68,85)(H,69,86)(H,70,87)(H,71,88);3*1H/t36-,37+,43+,44+,45-,46-,48+,49+,51-,52-,53-,54-,55-;;;/m0.../s1. The molecular formula is C64H94Cl3N13O16S. The first kappa shape index (κ1) is 81.1. The molecule has 4 aromatic rings. The van der Waals surface area contributed by atoms with Crippen molar-refractivity contribution in [2.45, 2.75) is 145 Å². The van der Waals surface area contributed by atoms with Gasteiger partial charge in [-0.3, -0.25) is 38.5 Å². The number of nitrogens with one attached hydrogen (secondary N) is 5. The number of fused-ring (bicyclic) bond motifs is 2. The van der Waals surface area contributed by atoms with E-state index in [0.717, 1.165) is 73.7 Å². The number of carbonyl (C=O) groups excluding carboxylic acids is 7. The maximum Gasteiger partial charge on any atom is 0.251 e.